The largest absolute Gasteiger partial charge is 0.508 e. The molecule has 114 valence electrons. The minimum Gasteiger partial charge on any atom is -0.508 e. The molecule has 2 aromatic carbocycles. The van der Waals surface area contributed by atoms with Crippen LogP contribution in [-0.4, -0.2) is 21.8 Å². The van der Waals surface area contributed by atoms with Crippen molar-refractivity contribution >= 4 is 11.6 Å². The Morgan fingerprint density at radius 3 is 2.68 bits per heavy atom. The predicted octanol–water partition coefficient (Wildman–Crippen LogP) is 2.78. The summed E-state index contributed by atoms with van der Waals surface area (Å²) in [6.45, 7) is 1.77. The second kappa shape index (κ2) is 6.71. The summed E-state index contributed by atoms with van der Waals surface area (Å²) >= 11 is 0. The van der Waals surface area contributed by atoms with Crippen LogP contribution in [0.5, 0.6) is 11.5 Å². The van der Waals surface area contributed by atoms with E-state index in [1.165, 1.54) is 30.3 Å². The molecular weight excluding hydrogens is 287 g/mol. The van der Waals surface area contributed by atoms with Gasteiger partial charge in [-0.25, -0.2) is 9.82 Å². The highest BCUT2D eigenvalue weighted by atomic mass is 19.1. The fraction of sp³-hybridized carbons (Fsp3) is 0.125. The van der Waals surface area contributed by atoms with Crippen molar-refractivity contribution in [1.82, 2.24) is 5.43 Å². The zero-order chi connectivity index (χ0) is 16.1. The summed E-state index contributed by atoms with van der Waals surface area (Å²) in [6.07, 6.45) is 0.386. The van der Waals surface area contributed by atoms with Crippen LogP contribution >= 0.6 is 0 Å². The third-order valence-corrected chi connectivity index (χ3v) is 3.01. The molecule has 0 aliphatic rings. The first kappa shape index (κ1) is 15.5. The summed E-state index contributed by atoms with van der Waals surface area (Å²) < 4.78 is 13.3. The van der Waals surface area contributed by atoms with Crippen LogP contribution in [0.25, 0.3) is 0 Å². The predicted molar refractivity (Wildman–Crippen MR) is 80.5 cm³/mol. The molecule has 2 rings (SSSR count). The van der Waals surface area contributed by atoms with E-state index in [1.807, 2.05) is 0 Å². The minimum absolute atomic E-state index is 0.0323. The van der Waals surface area contributed by atoms with Gasteiger partial charge in [0, 0.05) is 11.1 Å². The highest BCUT2D eigenvalue weighted by Gasteiger charge is 2.11. The van der Waals surface area contributed by atoms with Crippen molar-refractivity contribution in [2.24, 2.45) is 5.10 Å². The van der Waals surface area contributed by atoms with Crippen LogP contribution in [0, 0.1) is 5.82 Å². The van der Waals surface area contributed by atoms with Crippen LogP contribution in [0.2, 0.25) is 0 Å². The van der Waals surface area contributed by atoms with Gasteiger partial charge in [0.05, 0.1) is 5.71 Å². The molecule has 0 aliphatic heterocycles. The number of hydrogen-bond donors (Lipinski definition) is 3. The van der Waals surface area contributed by atoms with Crippen LogP contribution < -0.4 is 5.43 Å². The molecule has 3 N–H and O–H groups in total. The normalized spacial score (nSPS) is 11.3. The molecule has 6 heteroatoms. The average Bonchev–Trinajstić information content (AvgIpc) is 2.51. The van der Waals surface area contributed by atoms with E-state index >= 15 is 0 Å². The number of nitrogens with one attached hydrogen (secondary N) is 1. The van der Waals surface area contributed by atoms with Gasteiger partial charge in [0.1, 0.15) is 17.3 Å². The van der Waals surface area contributed by atoms with Crippen LogP contribution in [0.3, 0.4) is 0 Å². The standard InChI is InChI=1S/C16H15FN2O3/c1-2-14(13-9-11(17)6-7-15(13)21)18-19-16(22)10-4-3-5-12(20)8-10/h3-9,20-21H,2H2,1H3,(H,19,22)/b18-14+. The summed E-state index contributed by atoms with van der Waals surface area (Å²) in [5, 5.41) is 23.0. The fourth-order valence-corrected chi connectivity index (χ4v) is 1.90. The Balaban J connectivity index is 2.23. The van der Waals surface area contributed by atoms with Crippen molar-refractivity contribution in [1.29, 1.82) is 0 Å². The third-order valence-electron chi connectivity index (χ3n) is 3.01. The molecule has 0 saturated heterocycles. The molecule has 0 saturated carbocycles. The molecule has 0 heterocycles. The van der Waals surface area contributed by atoms with Crippen LogP contribution in [0.4, 0.5) is 4.39 Å². The second-order valence-electron chi connectivity index (χ2n) is 4.56. The van der Waals surface area contributed by atoms with Crippen molar-refractivity contribution in [2.75, 3.05) is 0 Å². The number of phenols is 2. The maximum absolute atomic E-state index is 13.3. The highest BCUT2D eigenvalue weighted by molar-refractivity contribution is 6.04. The van der Waals surface area contributed by atoms with Crippen LogP contribution in [0.15, 0.2) is 47.6 Å². The summed E-state index contributed by atoms with van der Waals surface area (Å²) in [6, 6.07) is 9.32. The first-order valence-electron chi connectivity index (χ1n) is 6.66. The maximum atomic E-state index is 13.3. The molecule has 0 aromatic heterocycles. The van der Waals surface area contributed by atoms with Crippen molar-refractivity contribution in [3.8, 4) is 11.5 Å². The van der Waals surface area contributed by atoms with Crippen molar-refractivity contribution in [3.05, 3.63) is 59.4 Å². The highest BCUT2D eigenvalue weighted by Crippen LogP contribution is 2.20. The second-order valence-corrected chi connectivity index (χ2v) is 4.56. The van der Waals surface area contributed by atoms with Crippen molar-refractivity contribution in [3.63, 3.8) is 0 Å². The number of carbonyl (C=O) groups is 1. The van der Waals surface area contributed by atoms with Gasteiger partial charge < -0.3 is 10.2 Å². The molecule has 0 aliphatic carbocycles. The van der Waals surface area contributed by atoms with E-state index < -0.39 is 11.7 Å². The SMILES string of the molecule is CC/C(=N\NC(=O)c1cccc(O)c1)c1cc(F)ccc1O. The van der Waals surface area contributed by atoms with Crippen LogP contribution in [0.1, 0.15) is 29.3 Å². The molecule has 0 fully saturated rings. The zero-order valence-electron chi connectivity index (χ0n) is 11.9. The first-order chi connectivity index (χ1) is 10.5. The molecule has 0 bridgehead atoms. The molecular formula is C16H15FN2O3. The van der Waals surface area contributed by atoms with Gasteiger partial charge in [0.15, 0.2) is 0 Å². The van der Waals surface area contributed by atoms with E-state index in [2.05, 4.69) is 10.5 Å². The number of rotatable bonds is 4. The number of amides is 1. The van der Waals surface area contributed by atoms with E-state index in [0.29, 0.717) is 12.1 Å². The Morgan fingerprint density at radius 2 is 2.00 bits per heavy atom. The molecule has 1 amide bonds. The Morgan fingerprint density at radius 1 is 1.23 bits per heavy atom. The number of hydrogen-bond acceptors (Lipinski definition) is 4. The quantitative estimate of drug-likeness (QED) is 0.600. The van der Waals surface area contributed by atoms with Gasteiger partial charge in [-0.1, -0.05) is 13.0 Å². The van der Waals surface area contributed by atoms with Gasteiger partial charge in [0.25, 0.3) is 5.91 Å². The average molecular weight is 302 g/mol. The number of benzene rings is 2. The van der Waals surface area contributed by atoms with Gasteiger partial charge in [-0.05, 0) is 42.8 Å². The Kier molecular flexibility index (Phi) is 4.73. The minimum atomic E-state index is -0.516. The number of nitrogens with zero attached hydrogens (tertiary/aromatic N) is 1. The Labute approximate surface area is 126 Å². The van der Waals surface area contributed by atoms with Gasteiger partial charge >= 0.3 is 0 Å². The zero-order valence-corrected chi connectivity index (χ0v) is 11.9. The molecule has 0 spiro atoms. The molecule has 0 unspecified atom stereocenters. The lowest BCUT2D eigenvalue weighted by Crippen LogP contribution is -2.20. The van der Waals surface area contributed by atoms with Gasteiger partial charge in [-0.3, -0.25) is 4.79 Å². The number of aromatic hydroxyl groups is 2. The molecule has 2 aromatic rings. The smallest absolute Gasteiger partial charge is 0.271 e. The lowest BCUT2D eigenvalue weighted by atomic mass is 10.1. The summed E-state index contributed by atoms with van der Waals surface area (Å²) in [7, 11) is 0. The number of phenolic OH excluding ortho intramolecular Hbond substituents is 2. The van der Waals surface area contributed by atoms with E-state index in [-0.39, 0.29) is 22.6 Å². The van der Waals surface area contributed by atoms with Gasteiger partial charge in [-0.15, -0.1) is 0 Å². The number of halogens is 1. The molecule has 0 radical (unpaired) electrons. The molecule has 0 atom stereocenters. The number of hydrazone groups is 1. The lowest BCUT2D eigenvalue weighted by molar-refractivity contribution is 0.0954. The monoisotopic (exact) mass is 302 g/mol. The summed E-state index contributed by atoms with van der Waals surface area (Å²) in [5.41, 5.74) is 3.12. The van der Waals surface area contributed by atoms with E-state index in [9.17, 15) is 19.4 Å². The van der Waals surface area contributed by atoms with Crippen molar-refractivity contribution in [2.45, 2.75) is 13.3 Å². The number of carbonyl (C=O) groups excluding carboxylic acids is 1. The fourth-order valence-electron chi connectivity index (χ4n) is 1.90. The summed E-state index contributed by atoms with van der Waals surface area (Å²) in [4.78, 5) is 11.9. The Hall–Kier alpha value is -2.89. The van der Waals surface area contributed by atoms with Gasteiger partial charge in [0.2, 0.25) is 0 Å². The van der Waals surface area contributed by atoms with Gasteiger partial charge in [-0.2, -0.15) is 5.10 Å². The summed E-state index contributed by atoms with van der Waals surface area (Å²) in [5.74, 6) is -1.17. The molecule has 5 nitrogen and oxygen atoms in total. The van der Waals surface area contributed by atoms with Crippen molar-refractivity contribution < 1.29 is 19.4 Å². The lowest BCUT2D eigenvalue weighted by Gasteiger charge is -2.07. The van der Waals surface area contributed by atoms with E-state index in [1.54, 1.807) is 6.92 Å². The third kappa shape index (κ3) is 3.60. The van der Waals surface area contributed by atoms with Crippen LogP contribution in [-0.2, 0) is 0 Å². The maximum Gasteiger partial charge on any atom is 0.271 e. The van der Waals surface area contributed by atoms with E-state index in [4.69, 9.17) is 0 Å². The molecule has 22 heavy (non-hydrogen) atoms. The topological polar surface area (TPSA) is 81.9 Å². The first-order valence-corrected chi connectivity index (χ1v) is 6.66. The Bertz CT molecular complexity index is 729. The van der Waals surface area contributed by atoms with E-state index in [0.717, 1.165) is 12.1 Å².